The summed E-state index contributed by atoms with van der Waals surface area (Å²) < 4.78 is 13.2. The van der Waals surface area contributed by atoms with Gasteiger partial charge in [-0.2, -0.15) is 4.37 Å². The minimum atomic E-state index is -0.434. The summed E-state index contributed by atoms with van der Waals surface area (Å²) >= 11 is 1.17. The summed E-state index contributed by atoms with van der Waals surface area (Å²) in [6.07, 6.45) is 0.230. The topological polar surface area (TPSA) is 77.5 Å². The van der Waals surface area contributed by atoms with Gasteiger partial charge < -0.3 is 14.8 Å². The van der Waals surface area contributed by atoms with Crippen molar-refractivity contribution in [2.75, 3.05) is 26.1 Å². The molecule has 0 aromatic carbocycles. The normalized spacial score (nSPS) is 9.82. The van der Waals surface area contributed by atoms with Gasteiger partial charge in [0.1, 0.15) is 10.6 Å². The second-order valence-electron chi connectivity index (χ2n) is 3.22. The molecule has 0 aliphatic heterocycles. The van der Waals surface area contributed by atoms with E-state index < -0.39 is 5.97 Å². The Labute approximate surface area is 103 Å². The first-order valence-electron chi connectivity index (χ1n) is 4.95. The summed E-state index contributed by atoms with van der Waals surface area (Å²) in [4.78, 5) is 22.4. The quantitative estimate of drug-likeness (QED) is 0.800. The van der Waals surface area contributed by atoms with E-state index in [1.165, 1.54) is 25.8 Å². The lowest BCUT2D eigenvalue weighted by molar-refractivity contribution is -0.140. The number of esters is 2. The van der Waals surface area contributed by atoms with Gasteiger partial charge in [0.05, 0.1) is 26.3 Å². The molecule has 0 atom stereocenters. The highest BCUT2D eigenvalue weighted by Crippen LogP contribution is 2.24. The average Bonchev–Trinajstić information content (AvgIpc) is 2.69. The molecule has 0 amide bonds. The van der Waals surface area contributed by atoms with E-state index in [2.05, 4.69) is 19.2 Å². The summed E-state index contributed by atoms with van der Waals surface area (Å²) in [5.74, 6) is -0.741. The second-order valence-corrected chi connectivity index (χ2v) is 3.99. The maximum atomic E-state index is 11.5. The SMILES string of the molecule is COC(=O)CCNc1snc(C)c1C(=O)OC. The Hall–Kier alpha value is -1.63. The van der Waals surface area contributed by atoms with Crippen molar-refractivity contribution in [3.05, 3.63) is 11.3 Å². The van der Waals surface area contributed by atoms with Gasteiger partial charge in [-0.3, -0.25) is 4.79 Å². The molecular weight excluding hydrogens is 244 g/mol. The van der Waals surface area contributed by atoms with E-state index in [9.17, 15) is 9.59 Å². The molecule has 1 aromatic heterocycles. The number of hydrogen-bond acceptors (Lipinski definition) is 7. The van der Waals surface area contributed by atoms with E-state index in [-0.39, 0.29) is 12.4 Å². The molecule has 7 heteroatoms. The number of anilines is 1. The minimum Gasteiger partial charge on any atom is -0.469 e. The molecule has 17 heavy (non-hydrogen) atoms. The molecule has 1 N–H and O–H groups in total. The van der Waals surface area contributed by atoms with Crippen LogP contribution in [0, 0.1) is 6.92 Å². The number of carbonyl (C=O) groups is 2. The average molecular weight is 258 g/mol. The zero-order valence-corrected chi connectivity index (χ0v) is 10.7. The van der Waals surface area contributed by atoms with Gasteiger partial charge in [-0.1, -0.05) is 0 Å². The van der Waals surface area contributed by atoms with Crippen LogP contribution in [0.4, 0.5) is 5.00 Å². The lowest BCUT2D eigenvalue weighted by atomic mass is 10.2. The molecule has 0 unspecified atom stereocenters. The molecule has 6 nitrogen and oxygen atoms in total. The first-order chi connectivity index (χ1) is 8.10. The van der Waals surface area contributed by atoms with Gasteiger partial charge in [0, 0.05) is 6.54 Å². The number of nitrogens with zero attached hydrogens (tertiary/aromatic N) is 1. The Kier molecular flexibility index (Phi) is 4.89. The molecule has 0 aliphatic rings. The number of aryl methyl sites for hydroxylation is 1. The molecule has 1 rings (SSSR count). The fraction of sp³-hybridized carbons (Fsp3) is 0.500. The van der Waals surface area contributed by atoms with Crippen LogP contribution in [0.15, 0.2) is 0 Å². The summed E-state index contributed by atoms with van der Waals surface area (Å²) in [5, 5.41) is 3.58. The Morgan fingerprint density at radius 2 is 2.06 bits per heavy atom. The number of hydrogen-bond donors (Lipinski definition) is 1. The zero-order valence-electron chi connectivity index (χ0n) is 9.90. The number of nitrogens with one attached hydrogen (secondary N) is 1. The molecule has 0 spiro atoms. The fourth-order valence-corrected chi connectivity index (χ4v) is 2.02. The summed E-state index contributed by atoms with van der Waals surface area (Å²) in [6.45, 7) is 2.12. The Balaban J connectivity index is 2.65. The van der Waals surface area contributed by atoms with Crippen molar-refractivity contribution < 1.29 is 19.1 Å². The van der Waals surface area contributed by atoms with Crippen molar-refractivity contribution in [3.8, 4) is 0 Å². The molecule has 94 valence electrons. The van der Waals surface area contributed by atoms with Gasteiger partial charge in [0.2, 0.25) is 0 Å². The van der Waals surface area contributed by atoms with Crippen LogP contribution >= 0.6 is 11.5 Å². The van der Waals surface area contributed by atoms with E-state index in [1.54, 1.807) is 6.92 Å². The lowest BCUT2D eigenvalue weighted by Crippen LogP contribution is -2.11. The zero-order chi connectivity index (χ0) is 12.8. The number of aromatic nitrogens is 1. The van der Waals surface area contributed by atoms with Gasteiger partial charge in [-0.05, 0) is 18.5 Å². The van der Waals surface area contributed by atoms with Crippen molar-refractivity contribution in [3.63, 3.8) is 0 Å². The number of methoxy groups -OCH3 is 2. The van der Waals surface area contributed by atoms with E-state index >= 15 is 0 Å². The number of carbonyl (C=O) groups excluding carboxylic acids is 2. The molecule has 0 bridgehead atoms. The number of rotatable bonds is 5. The standard InChI is InChI=1S/C10H14N2O4S/c1-6-8(10(14)16-3)9(17-12-6)11-5-4-7(13)15-2/h11H,4-5H2,1-3H3. The third-order valence-electron chi connectivity index (χ3n) is 2.09. The molecule has 0 fully saturated rings. The van der Waals surface area contributed by atoms with Crippen LogP contribution in [0.1, 0.15) is 22.5 Å². The first kappa shape index (κ1) is 13.4. The smallest absolute Gasteiger partial charge is 0.342 e. The molecule has 0 saturated carbocycles. The van der Waals surface area contributed by atoms with Crippen molar-refractivity contribution in [1.29, 1.82) is 0 Å². The van der Waals surface area contributed by atoms with Crippen LogP contribution < -0.4 is 5.32 Å². The van der Waals surface area contributed by atoms with Crippen LogP contribution in [0.25, 0.3) is 0 Å². The van der Waals surface area contributed by atoms with Crippen molar-refractivity contribution in [2.24, 2.45) is 0 Å². The molecule has 0 saturated heterocycles. The van der Waals surface area contributed by atoms with Gasteiger partial charge in [-0.15, -0.1) is 0 Å². The van der Waals surface area contributed by atoms with E-state index in [1.807, 2.05) is 0 Å². The minimum absolute atomic E-state index is 0.230. The van der Waals surface area contributed by atoms with Gasteiger partial charge in [0.15, 0.2) is 0 Å². The maximum absolute atomic E-state index is 11.5. The summed E-state index contributed by atoms with van der Waals surface area (Å²) in [5.41, 5.74) is 1.03. The van der Waals surface area contributed by atoms with Gasteiger partial charge in [0.25, 0.3) is 0 Å². The predicted molar refractivity (Wildman–Crippen MR) is 63.3 cm³/mol. The van der Waals surface area contributed by atoms with E-state index in [0.29, 0.717) is 22.8 Å². The third kappa shape index (κ3) is 3.42. The van der Waals surface area contributed by atoms with Crippen LogP contribution in [-0.4, -0.2) is 37.1 Å². The maximum Gasteiger partial charge on any atom is 0.342 e. The van der Waals surface area contributed by atoms with E-state index in [0.717, 1.165) is 0 Å². The Morgan fingerprint density at radius 1 is 1.35 bits per heavy atom. The van der Waals surface area contributed by atoms with Crippen molar-refractivity contribution in [1.82, 2.24) is 4.37 Å². The van der Waals surface area contributed by atoms with Crippen LogP contribution in [-0.2, 0) is 14.3 Å². The Bertz CT molecular complexity index is 416. The number of ether oxygens (including phenoxy) is 2. The van der Waals surface area contributed by atoms with Crippen LogP contribution in [0.2, 0.25) is 0 Å². The highest BCUT2D eigenvalue weighted by molar-refractivity contribution is 7.10. The molecule has 0 radical (unpaired) electrons. The monoisotopic (exact) mass is 258 g/mol. The van der Waals surface area contributed by atoms with Crippen molar-refractivity contribution in [2.45, 2.75) is 13.3 Å². The van der Waals surface area contributed by atoms with Gasteiger partial charge in [-0.25, -0.2) is 4.79 Å². The second kappa shape index (κ2) is 6.19. The Morgan fingerprint density at radius 3 is 2.65 bits per heavy atom. The van der Waals surface area contributed by atoms with E-state index in [4.69, 9.17) is 0 Å². The van der Waals surface area contributed by atoms with Crippen LogP contribution in [0.3, 0.4) is 0 Å². The predicted octanol–water partition coefficient (Wildman–Crippen LogP) is 1.21. The molecular formula is C10H14N2O4S. The summed E-state index contributed by atoms with van der Waals surface area (Å²) in [7, 11) is 2.65. The third-order valence-corrected chi connectivity index (χ3v) is 2.99. The molecule has 1 heterocycles. The lowest BCUT2D eigenvalue weighted by Gasteiger charge is -2.05. The summed E-state index contributed by atoms with van der Waals surface area (Å²) in [6, 6.07) is 0. The van der Waals surface area contributed by atoms with Gasteiger partial charge >= 0.3 is 11.9 Å². The van der Waals surface area contributed by atoms with Crippen molar-refractivity contribution >= 4 is 28.5 Å². The fourth-order valence-electron chi connectivity index (χ4n) is 1.21. The highest BCUT2D eigenvalue weighted by Gasteiger charge is 2.18. The largest absolute Gasteiger partial charge is 0.469 e. The van der Waals surface area contributed by atoms with Crippen LogP contribution in [0.5, 0.6) is 0 Å². The molecule has 0 aliphatic carbocycles. The highest BCUT2D eigenvalue weighted by atomic mass is 32.1. The first-order valence-corrected chi connectivity index (χ1v) is 5.72. The molecule has 1 aromatic rings.